The van der Waals surface area contributed by atoms with Gasteiger partial charge >= 0.3 is 0 Å². The minimum atomic E-state index is -0.810. The molecule has 0 aromatic heterocycles. The van der Waals surface area contributed by atoms with E-state index in [-0.39, 0.29) is 5.91 Å². The Morgan fingerprint density at radius 3 is 2.94 bits per heavy atom. The maximum Gasteiger partial charge on any atom is 0.224 e. The lowest BCUT2D eigenvalue weighted by molar-refractivity contribution is -0.121. The molecule has 0 saturated carbocycles. The molecule has 3 nitrogen and oxygen atoms in total. The number of allylic oxidation sites excluding steroid dienone is 1. The van der Waals surface area contributed by atoms with E-state index >= 15 is 0 Å². The number of amides is 1. The van der Waals surface area contributed by atoms with Crippen molar-refractivity contribution in [1.82, 2.24) is 5.32 Å². The number of thioether (sulfide) groups is 1. The van der Waals surface area contributed by atoms with Gasteiger partial charge in [0.1, 0.15) is 0 Å². The van der Waals surface area contributed by atoms with Crippen molar-refractivity contribution in [2.75, 3.05) is 18.6 Å². The lowest BCUT2D eigenvalue weighted by Crippen LogP contribution is -2.42. The van der Waals surface area contributed by atoms with Crippen LogP contribution in [0.2, 0.25) is 0 Å². The Morgan fingerprint density at radius 1 is 1.59 bits per heavy atom. The molecule has 98 valence electrons. The zero-order valence-electron chi connectivity index (χ0n) is 10.8. The van der Waals surface area contributed by atoms with E-state index in [2.05, 4.69) is 11.4 Å². The Morgan fingerprint density at radius 2 is 2.35 bits per heavy atom. The Hall–Kier alpha value is -0.480. The first-order valence-corrected chi connectivity index (χ1v) is 7.59. The summed E-state index contributed by atoms with van der Waals surface area (Å²) in [4.78, 5) is 11.7. The maximum absolute atomic E-state index is 11.7. The van der Waals surface area contributed by atoms with Crippen LogP contribution in [0.25, 0.3) is 0 Å². The number of aliphatic hydroxyl groups is 1. The molecule has 17 heavy (non-hydrogen) atoms. The van der Waals surface area contributed by atoms with Gasteiger partial charge in [-0.15, -0.1) is 0 Å². The van der Waals surface area contributed by atoms with Crippen molar-refractivity contribution in [2.45, 2.75) is 44.6 Å². The van der Waals surface area contributed by atoms with Crippen molar-refractivity contribution in [3.05, 3.63) is 11.6 Å². The van der Waals surface area contributed by atoms with Crippen molar-refractivity contribution < 1.29 is 9.90 Å². The van der Waals surface area contributed by atoms with Crippen molar-refractivity contribution in [1.29, 1.82) is 0 Å². The van der Waals surface area contributed by atoms with Crippen LogP contribution >= 0.6 is 11.8 Å². The first-order valence-electron chi connectivity index (χ1n) is 6.19. The smallest absolute Gasteiger partial charge is 0.224 e. The predicted molar refractivity (Wildman–Crippen MR) is 73.2 cm³/mol. The molecule has 1 rings (SSSR count). The van der Waals surface area contributed by atoms with Crippen LogP contribution in [0.5, 0.6) is 0 Å². The second-order valence-electron chi connectivity index (χ2n) is 4.99. The molecule has 1 amide bonds. The Bertz CT molecular complexity index is 287. The molecule has 0 bridgehead atoms. The summed E-state index contributed by atoms with van der Waals surface area (Å²) >= 11 is 1.58. The number of nitrogens with one attached hydrogen (secondary N) is 1. The molecule has 0 unspecified atom stereocenters. The molecule has 1 atom stereocenters. The Balaban J connectivity index is 2.27. The number of hydrogen-bond acceptors (Lipinski definition) is 3. The quantitative estimate of drug-likeness (QED) is 0.717. The van der Waals surface area contributed by atoms with E-state index < -0.39 is 5.60 Å². The monoisotopic (exact) mass is 257 g/mol. The van der Waals surface area contributed by atoms with Gasteiger partial charge in [0.05, 0.1) is 5.60 Å². The zero-order chi connectivity index (χ0) is 12.7. The van der Waals surface area contributed by atoms with Crippen LogP contribution in [0.3, 0.4) is 0 Å². The maximum atomic E-state index is 11.7. The van der Waals surface area contributed by atoms with Crippen LogP contribution in [0.1, 0.15) is 39.0 Å². The fourth-order valence-corrected chi connectivity index (χ4v) is 2.71. The van der Waals surface area contributed by atoms with Crippen LogP contribution in [0.4, 0.5) is 0 Å². The van der Waals surface area contributed by atoms with Gasteiger partial charge in [-0.05, 0) is 38.9 Å². The summed E-state index contributed by atoms with van der Waals surface area (Å²) in [7, 11) is 0. The van der Waals surface area contributed by atoms with Crippen LogP contribution in [-0.2, 0) is 4.79 Å². The molecule has 0 radical (unpaired) electrons. The van der Waals surface area contributed by atoms with Gasteiger partial charge in [-0.25, -0.2) is 0 Å². The summed E-state index contributed by atoms with van der Waals surface area (Å²) in [6.07, 6.45) is 9.22. The van der Waals surface area contributed by atoms with Gasteiger partial charge in [-0.1, -0.05) is 11.6 Å². The van der Waals surface area contributed by atoms with E-state index in [1.54, 1.807) is 18.7 Å². The second kappa shape index (κ2) is 7.07. The normalized spacial score (nSPS) is 19.4. The summed E-state index contributed by atoms with van der Waals surface area (Å²) in [5.41, 5.74) is 0.439. The van der Waals surface area contributed by atoms with Crippen LogP contribution in [0.15, 0.2) is 11.6 Å². The number of hydrogen-bond donors (Lipinski definition) is 2. The van der Waals surface area contributed by atoms with Crippen molar-refractivity contribution in [3.8, 4) is 0 Å². The third-order valence-electron chi connectivity index (χ3n) is 2.89. The van der Waals surface area contributed by atoms with Crippen LogP contribution in [0, 0.1) is 0 Å². The SMILES string of the molecule is CSC[C@](C)(O)CNC(=O)CC1=CCCCC1. The fraction of sp³-hybridized carbons (Fsp3) is 0.769. The zero-order valence-corrected chi connectivity index (χ0v) is 11.6. The second-order valence-corrected chi connectivity index (χ2v) is 5.86. The fourth-order valence-electron chi connectivity index (χ4n) is 1.98. The molecule has 0 fully saturated rings. The van der Waals surface area contributed by atoms with E-state index in [0.717, 1.165) is 12.8 Å². The minimum absolute atomic E-state index is 0.0273. The van der Waals surface area contributed by atoms with Crippen molar-refractivity contribution in [2.24, 2.45) is 0 Å². The summed E-state index contributed by atoms with van der Waals surface area (Å²) in [6.45, 7) is 2.09. The molecule has 4 heteroatoms. The van der Waals surface area contributed by atoms with Gasteiger partial charge in [0.2, 0.25) is 5.91 Å². The predicted octanol–water partition coefficient (Wildman–Crippen LogP) is 2.11. The van der Waals surface area contributed by atoms with Gasteiger partial charge in [0, 0.05) is 18.7 Å². The topological polar surface area (TPSA) is 49.3 Å². The number of carbonyl (C=O) groups is 1. The molecule has 0 spiro atoms. The average Bonchev–Trinajstić information content (AvgIpc) is 2.28. The molecule has 0 saturated heterocycles. The standard InChI is InChI=1S/C13H23NO2S/c1-13(16,10-17-2)9-14-12(15)8-11-6-4-3-5-7-11/h6,16H,3-5,7-10H2,1-2H3,(H,14,15)/t13-/m1/s1. The highest BCUT2D eigenvalue weighted by molar-refractivity contribution is 7.98. The summed E-state index contributed by atoms with van der Waals surface area (Å²) in [5, 5.41) is 12.7. The minimum Gasteiger partial charge on any atom is -0.387 e. The molecule has 0 aromatic carbocycles. The first-order chi connectivity index (χ1) is 8.03. The van der Waals surface area contributed by atoms with E-state index in [4.69, 9.17) is 0 Å². The van der Waals surface area contributed by atoms with E-state index in [1.165, 1.54) is 18.4 Å². The van der Waals surface area contributed by atoms with E-state index in [0.29, 0.717) is 18.7 Å². The highest BCUT2D eigenvalue weighted by atomic mass is 32.2. The molecular weight excluding hydrogens is 234 g/mol. The van der Waals surface area contributed by atoms with Gasteiger partial charge < -0.3 is 10.4 Å². The summed E-state index contributed by atoms with van der Waals surface area (Å²) in [5.74, 6) is 0.662. The largest absolute Gasteiger partial charge is 0.387 e. The average molecular weight is 257 g/mol. The lowest BCUT2D eigenvalue weighted by atomic mass is 9.97. The van der Waals surface area contributed by atoms with E-state index in [9.17, 15) is 9.90 Å². The van der Waals surface area contributed by atoms with Crippen molar-refractivity contribution in [3.63, 3.8) is 0 Å². The van der Waals surface area contributed by atoms with Gasteiger partial charge in [-0.3, -0.25) is 4.79 Å². The third-order valence-corrected chi connectivity index (χ3v) is 3.80. The Labute approximate surface area is 108 Å². The van der Waals surface area contributed by atoms with Crippen molar-refractivity contribution >= 4 is 17.7 Å². The molecule has 0 heterocycles. The van der Waals surface area contributed by atoms with Crippen LogP contribution in [-0.4, -0.2) is 35.2 Å². The molecule has 1 aliphatic rings. The highest BCUT2D eigenvalue weighted by Gasteiger charge is 2.20. The van der Waals surface area contributed by atoms with Gasteiger partial charge in [0.25, 0.3) is 0 Å². The number of rotatable bonds is 6. The lowest BCUT2D eigenvalue weighted by Gasteiger charge is -2.22. The molecular formula is C13H23NO2S. The molecule has 1 aliphatic carbocycles. The molecule has 0 aliphatic heterocycles. The number of carbonyl (C=O) groups excluding carboxylic acids is 1. The molecule has 0 aromatic rings. The van der Waals surface area contributed by atoms with Gasteiger partial charge in [0.15, 0.2) is 0 Å². The highest BCUT2D eigenvalue weighted by Crippen LogP contribution is 2.19. The third kappa shape index (κ3) is 6.13. The summed E-state index contributed by atoms with van der Waals surface area (Å²) in [6, 6.07) is 0. The first kappa shape index (κ1) is 14.6. The van der Waals surface area contributed by atoms with Crippen LogP contribution < -0.4 is 5.32 Å². The Kier molecular flexibility index (Phi) is 6.06. The van der Waals surface area contributed by atoms with E-state index in [1.807, 2.05) is 6.26 Å². The molecule has 2 N–H and O–H groups in total. The summed E-state index contributed by atoms with van der Waals surface area (Å²) < 4.78 is 0. The van der Waals surface area contributed by atoms with Gasteiger partial charge in [-0.2, -0.15) is 11.8 Å².